The predicted octanol–water partition coefficient (Wildman–Crippen LogP) is -2.48. The van der Waals surface area contributed by atoms with Crippen molar-refractivity contribution in [1.29, 1.82) is 0 Å². The molecule has 0 aliphatic carbocycles. The van der Waals surface area contributed by atoms with Crippen molar-refractivity contribution in [3.05, 3.63) is 5.73 Å². The van der Waals surface area contributed by atoms with Crippen LogP contribution in [-0.4, -0.2) is 17.1 Å². The van der Waals surface area contributed by atoms with Crippen molar-refractivity contribution in [2.45, 2.75) is 13.0 Å². The Bertz CT molecular complexity index is 64.0. The van der Waals surface area contributed by atoms with Gasteiger partial charge in [0.2, 0.25) is 0 Å². The minimum absolute atomic E-state index is 0. The van der Waals surface area contributed by atoms with E-state index < -0.39 is 12.0 Å². The Labute approximate surface area is 91.1 Å². The quantitative estimate of drug-likeness (QED) is 0.477. The van der Waals surface area contributed by atoms with E-state index in [1.165, 1.54) is 6.92 Å². The standard InChI is InChI=1S/C3H6NO2.Rb/c1-2(4)3(5)6;/h2,4H,1H3,(H,5,6);/q-1;+1. The van der Waals surface area contributed by atoms with E-state index in [2.05, 4.69) is 0 Å². The first kappa shape index (κ1) is 11.1. The van der Waals surface area contributed by atoms with E-state index in [9.17, 15) is 4.79 Å². The summed E-state index contributed by atoms with van der Waals surface area (Å²) >= 11 is 0. The molecular formula is C3H6NO2Rb. The maximum absolute atomic E-state index is 9.51. The summed E-state index contributed by atoms with van der Waals surface area (Å²) in [7, 11) is 0. The second-order valence-electron chi connectivity index (χ2n) is 1.06. The second kappa shape index (κ2) is 5.37. The summed E-state index contributed by atoms with van der Waals surface area (Å²) in [6.07, 6.45) is 0. The summed E-state index contributed by atoms with van der Waals surface area (Å²) in [5.41, 5.74) is 6.43. The van der Waals surface area contributed by atoms with Crippen LogP contribution in [-0.2, 0) is 4.79 Å². The van der Waals surface area contributed by atoms with Gasteiger partial charge in [0.15, 0.2) is 0 Å². The molecule has 0 saturated heterocycles. The summed E-state index contributed by atoms with van der Waals surface area (Å²) in [6, 6.07) is -0.981. The summed E-state index contributed by atoms with van der Waals surface area (Å²) in [5, 5.41) is 7.80. The molecule has 2 N–H and O–H groups in total. The minimum Gasteiger partial charge on any atom is -0.666 e. The van der Waals surface area contributed by atoms with E-state index in [1.807, 2.05) is 0 Å². The topological polar surface area (TPSA) is 61.1 Å². The molecule has 0 aromatic carbocycles. The Hall–Kier alpha value is 1.24. The van der Waals surface area contributed by atoms with Gasteiger partial charge in [-0.25, -0.2) is 0 Å². The van der Waals surface area contributed by atoms with Gasteiger partial charge < -0.3 is 10.8 Å². The van der Waals surface area contributed by atoms with Crippen LogP contribution in [0.1, 0.15) is 6.92 Å². The minimum atomic E-state index is -1.07. The molecule has 36 valence electrons. The smallest absolute Gasteiger partial charge is 0.666 e. The van der Waals surface area contributed by atoms with Gasteiger partial charge in [-0.2, -0.15) is 0 Å². The zero-order chi connectivity index (χ0) is 5.15. The number of aliphatic carboxylic acids is 1. The van der Waals surface area contributed by atoms with Gasteiger partial charge in [0, 0.05) is 0 Å². The van der Waals surface area contributed by atoms with Crippen molar-refractivity contribution >= 4 is 5.97 Å². The van der Waals surface area contributed by atoms with Gasteiger partial charge in [0.05, 0.1) is 0 Å². The summed E-state index contributed by atoms with van der Waals surface area (Å²) < 4.78 is 0. The van der Waals surface area contributed by atoms with Crippen LogP contribution in [0.4, 0.5) is 0 Å². The predicted molar refractivity (Wildman–Crippen MR) is 21.4 cm³/mol. The largest absolute Gasteiger partial charge is 1.00 e. The van der Waals surface area contributed by atoms with Gasteiger partial charge >= 0.3 is 58.2 Å². The van der Waals surface area contributed by atoms with Gasteiger partial charge in [-0.1, -0.05) is 6.92 Å². The van der Waals surface area contributed by atoms with Crippen LogP contribution in [0.5, 0.6) is 0 Å². The molecule has 0 heterocycles. The van der Waals surface area contributed by atoms with E-state index in [1.54, 1.807) is 0 Å². The molecule has 0 aliphatic heterocycles. The van der Waals surface area contributed by atoms with Crippen molar-refractivity contribution in [3.63, 3.8) is 0 Å². The number of carboxylic acids is 1. The zero-order valence-electron chi connectivity index (χ0n) is 4.43. The maximum atomic E-state index is 9.51. The molecule has 3 nitrogen and oxygen atoms in total. The van der Waals surface area contributed by atoms with E-state index in [0.29, 0.717) is 0 Å². The molecule has 1 unspecified atom stereocenters. The van der Waals surface area contributed by atoms with Gasteiger partial charge in [-0.3, -0.25) is 4.79 Å². The average molecular weight is 174 g/mol. The number of rotatable bonds is 1. The number of carboxylic acid groups (broad SMARTS) is 1. The fraction of sp³-hybridized carbons (Fsp3) is 0.667. The molecule has 7 heavy (non-hydrogen) atoms. The third-order valence-corrected chi connectivity index (χ3v) is 0.370. The summed E-state index contributed by atoms with van der Waals surface area (Å²) in [6.45, 7) is 1.31. The molecular weight excluding hydrogens is 168 g/mol. The van der Waals surface area contributed by atoms with Crippen LogP contribution in [0, 0.1) is 0 Å². The molecule has 0 fully saturated rings. The normalized spacial score (nSPS) is 11.7. The third-order valence-electron chi connectivity index (χ3n) is 0.370. The van der Waals surface area contributed by atoms with Crippen LogP contribution >= 0.6 is 0 Å². The van der Waals surface area contributed by atoms with Crippen LogP contribution in [0.25, 0.3) is 5.73 Å². The number of hydrogen-bond acceptors (Lipinski definition) is 1. The fourth-order valence-corrected chi connectivity index (χ4v) is 0. The third kappa shape index (κ3) is 7.24. The first-order chi connectivity index (χ1) is 2.64. The molecule has 0 rings (SSSR count). The molecule has 0 spiro atoms. The van der Waals surface area contributed by atoms with Gasteiger partial charge in [0.25, 0.3) is 5.97 Å². The Morgan fingerprint density at radius 2 is 2.00 bits per heavy atom. The molecule has 0 saturated carbocycles. The van der Waals surface area contributed by atoms with Gasteiger partial charge in [0.1, 0.15) is 0 Å². The molecule has 0 aromatic heterocycles. The monoisotopic (exact) mass is 173 g/mol. The van der Waals surface area contributed by atoms with E-state index >= 15 is 0 Å². The first-order valence-electron chi connectivity index (χ1n) is 1.58. The number of carbonyl (C=O) groups is 1. The molecule has 0 amide bonds. The van der Waals surface area contributed by atoms with E-state index in [-0.39, 0.29) is 58.2 Å². The van der Waals surface area contributed by atoms with Crippen LogP contribution < -0.4 is 58.2 Å². The first-order valence-corrected chi connectivity index (χ1v) is 1.58. The molecule has 4 heteroatoms. The van der Waals surface area contributed by atoms with Crippen molar-refractivity contribution < 1.29 is 68.1 Å². The van der Waals surface area contributed by atoms with Crippen molar-refractivity contribution in [3.8, 4) is 0 Å². The van der Waals surface area contributed by atoms with Crippen LogP contribution in [0.3, 0.4) is 0 Å². The van der Waals surface area contributed by atoms with Crippen molar-refractivity contribution in [2.75, 3.05) is 0 Å². The summed E-state index contributed by atoms with van der Waals surface area (Å²) in [5.74, 6) is -1.07. The van der Waals surface area contributed by atoms with Gasteiger partial charge in [-0.15, -0.1) is 0 Å². The fourth-order valence-electron chi connectivity index (χ4n) is 0. The zero-order valence-corrected chi connectivity index (χ0v) is 9.35. The SMILES string of the molecule is CC([NH-])C(=O)O.[Rb+]. The Kier molecular flexibility index (Phi) is 8.51. The Morgan fingerprint density at radius 1 is 1.86 bits per heavy atom. The number of hydrogen-bond donors (Lipinski definition) is 1. The molecule has 0 aromatic rings. The van der Waals surface area contributed by atoms with E-state index in [0.717, 1.165) is 0 Å². The summed E-state index contributed by atoms with van der Waals surface area (Å²) in [4.78, 5) is 9.51. The van der Waals surface area contributed by atoms with E-state index in [4.69, 9.17) is 10.8 Å². The molecule has 0 bridgehead atoms. The Morgan fingerprint density at radius 3 is 2.00 bits per heavy atom. The van der Waals surface area contributed by atoms with Crippen LogP contribution in [0.15, 0.2) is 0 Å². The number of nitrogens with one attached hydrogen (secondary N) is 1. The molecule has 0 aliphatic rings. The van der Waals surface area contributed by atoms with Gasteiger partial charge in [-0.05, 0) is 6.04 Å². The maximum Gasteiger partial charge on any atom is 1.00 e. The van der Waals surface area contributed by atoms with Crippen LogP contribution in [0.2, 0.25) is 0 Å². The Balaban J connectivity index is 0. The average Bonchev–Trinajstić information content (AvgIpc) is 1.36. The molecule has 1 atom stereocenters. The van der Waals surface area contributed by atoms with Crippen molar-refractivity contribution in [1.82, 2.24) is 0 Å². The van der Waals surface area contributed by atoms with Crippen molar-refractivity contribution in [2.24, 2.45) is 0 Å². The molecule has 0 radical (unpaired) electrons. The second-order valence-corrected chi connectivity index (χ2v) is 1.06.